The summed E-state index contributed by atoms with van der Waals surface area (Å²) >= 11 is 0. The Bertz CT molecular complexity index is 3180. The maximum Gasteiger partial charge on any atom is 0.397 e. The first kappa shape index (κ1) is 82.7. The highest BCUT2D eigenvalue weighted by Crippen LogP contribution is 2.48. The number of hydrogen-bond acceptors (Lipinski definition) is 27. The van der Waals surface area contributed by atoms with E-state index in [0.29, 0.717) is 75.0 Å². The van der Waals surface area contributed by atoms with E-state index in [4.69, 9.17) is 51.7 Å². The van der Waals surface area contributed by atoms with Gasteiger partial charge in [-0.05, 0) is 127 Å². The monoisotopic (exact) mass is 1470 g/mol. The molecule has 0 aromatic carbocycles. The highest BCUT2D eigenvalue weighted by atomic mass is 32.3. The van der Waals surface area contributed by atoms with E-state index < -0.39 is 165 Å². The number of aliphatic hydroxyl groups is 7. The summed E-state index contributed by atoms with van der Waals surface area (Å²) in [7, 11) is -15.9. The lowest BCUT2D eigenvalue weighted by atomic mass is 9.79. The van der Waals surface area contributed by atoms with Gasteiger partial charge in [0.15, 0.2) is 17.2 Å². The minimum Gasteiger partial charge on any atom is -0.465 e. The van der Waals surface area contributed by atoms with Crippen molar-refractivity contribution in [1.82, 2.24) is 0 Å². The van der Waals surface area contributed by atoms with Crippen LogP contribution in [0.2, 0.25) is 0 Å². The molecule has 0 aliphatic carbocycles. The first-order chi connectivity index (χ1) is 46.3. The van der Waals surface area contributed by atoms with Gasteiger partial charge >= 0.3 is 43.1 Å². The van der Waals surface area contributed by atoms with Gasteiger partial charge in [0.25, 0.3) is 0 Å². The Labute approximate surface area is 580 Å². The van der Waals surface area contributed by atoms with Crippen LogP contribution in [0.5, 0.6) is 0 Å². The molecule has 0 aromatic rings. The molecule has 0 amide bonds. The van der Waals surface area contributed by atoms with E-state index in [1.165, 1.54) is 19.1 Å². The fourth-order valence-corrected chi connectivity index (χ4v) is 15.4. The third-order valence-corrected chi connectivity index (χ3v) is 20.7. The molecule has 0 aromatic heterocycles. The van der Waals surface area contributed by atoms with Crippen LogP contribution in [0.3, 0.4) is 0 Å². The number of ether oxygens (including phenoxy) is 9. The number of carbonyl (C=O) groups is 2. The SMILES string of the molecule is C=C1C(O)C2OC3(CCC(C=CC(C)C4CC(C)=CC5(OC(CC(C)(O)C(=O)OCC(C)=CC=CCCOC(=O)CC=CCCC(O)CC(CC(O)C(OS(=O)(=O)O)C(O)COS(=O)(=O)O)OS(=O)(=O)O)CCC5O)O4)O3)CCC2OC1C(O)CC(C)C1OC2(CCCCO2)CCC1C. The number of carbonyl (C=O) groups excluding carboxylic acids is 2. The number of allylic oxidation sites excluding steroid dienone is 3. The molecule has 6 fully saturated rings. The Morgan fingerprint density at radius 2 is 1.53 bits per heavy atom. The van der Waals surface area contributed by atoms with Gasteiger partial charge in [-0.2, -0.15) is 25.3 Å². The Kier molecular flexibility index (Phi) is 30.0. The zero-order valence-electron chi connectivity index (χ0n) is 57.1. The number of rotatable bonds is 34. The van der Waals surface area contributed by atoms with Crippen molar-refractivity contribution >= 4 is 43.1 Å². The van der Waals surface area contributed by atoms with Gasteiger partial charge in [0.1, 0.15) is 43.2 Å². The van der Waals surface area contributed by atoms with Crippen molar-refractivity contribution in [2.24, 2.45) is 17.8 Å². The van der Waals surface area contributed by atoms with Gasteiger partial charge in [-0.3, -0.25) is 18.5 Å². The lowest BCUT2D eigenvalue weighted by Gasteiger charge is -2.50. The first-order valence-electron chi connectivity index (χ1n) is 34.0. The number of esters is 2. The molecule has 0 saturated carbocycles. The normalized spacial score (nSPS) is 33.6. The van der Waals surface area contributed by atoms with Gasteiger partial charge in [-0.15, -0.1) is 0 Å². The number of fused-ring (bicyclic) bond motifs is 1. The van der Waals surface area contributed by atoms with Crippen molar-refractivity contribution in [2.75, 3.05) is 26.4 Å². The average molecular weight is 1470 g/mol. The van der Waals surface area contributed by atoms with Gasteiger partial charge in [-0.1, -0.05) is 75.5 Å². The summed E-state index contributed by atoms with van der Waals surface area (Å²) < 4.78 is 164. The molecule has 3 spiro atoms. The van der Waals surface area contributed by atoms with Crippen LogP contribution in [-0.2, 0) is 96.0 Å². The van der Waals surface area contributed by atoms with Crippen LogP contribution < -0.4 is 0 Å². The lowest BCUT2D eigenvalue weighted by Crippen LogP contribution is -2.60. The minimum atomic E-state index is -5.46. The van der Waals surface area contributed by atoms with E-state index in [1.807, 2.05) is 26.0 Å². The molecule has 22 unspecified atom stereocenters. The molecule has 0 radical (unpaired) electrons. The fourth-order valence-electron chi connectivity index (χ4n) is 14.1. The van der Waals surface area contributed by atoms with Crippen molar-refractivity contribution in [3.8, 4) is 0 Å². The summed E-state index contributed by atoms with van der Waals surface area (Å²) in [4.78, 5) is 25.7. The van der Waals surface area contributed by atoms with Crippen LogP contribution in [0.4, 0.5) is 0 Å². The van der Waals surface area contributed by atoms with Crippen molar-refractivity contribution in [2.45, 2.75) is 284 Å². The third-order valence-electron chi connectivity index (χ3n) is 19.3. The van der Waals surface area contributed by atoms with E-state index in [1.54, 1.807) is 31.2 Å². The van der Waals surface area contributed by atoms with Gasteiger partial charge in [-0.25, -0.2) is 17.3 Å². The second-order valence-corrected chi connectivity index (χ2v) is 31.1. The Balaban J connectivity index is 0.788. The predicted octanol–water partition coefficient (Wildman–Crippen LogP) is 4.89. The van der Waals surface area contributed by atoms with E-state index in [9.17, 15) is 75.1 Å². The standard InChI is InChI=1S/C66H104O30S3/c1-40(16-10-9-14-30-85-56(72)18-12-8-11-17-46(67)34-49(95-98(79,80)81)35-51(69)60(96-99(82,83)84)52(70)39-88-97(76,77)78)38-86-62(74)63(7,75)37-48-21-22-55(71)66(91-48)36-41(2)32-54(92-66)42(3)19-20-47-24-28-65(90-47)29-25-53-61(94-65)57(73)45(6)59(89-53)50(68)33-44(5)58-43(4)23-27-64(93-58)26-13-15-31-87-64/h8-10,12,16,19-20,36,42-44,46-55,57-61,67-71,73,75H,6,11,13-15,17-18,21-35,37-39H2,1-5,7H3,(H,76,77,78)(H,79,80,81)(H,82,83,84). The maximum absolute atomic E-state index is 13.3. The van der Waals surface area contributed by atoms with E-state index >= 15 is 0 Å². The van der Waals surface area contributed by atoms with Crippen LogP contribution in [0, 0.1) is 17.8 Å². The van der Waals surface area contributed by atoms with Crippen molar-refractivity contribution in [3.05, 3.63) is 71.9 Å². The van der Waals surface area contributed by atoms with Gasteiger partial charge in [0.05, 0.1) is 81.2 Å². The zero-order valence-corrected chi connectivity index (χ0v) is 59.5. The second kappa shape index (κ2) is 35.9. The molecule has 99 heavy (non-hydrogen) atoms. The van der Waals surface area contributed by atoms with Crippen molar-refractivity contribution < 1.29 is 139 Å². The second-order valence-electron chi connectivity index (χ2n) is 28.0. The van der Waals surface area contributed by atoms with Crippen LogP contribution >= 0.6 is 0 Å². The summed E-state index contributed by atoms with van der Waals surface area (Å²) in [6.07, 6.45) is 4.04. The van der Waals surface area contributed by atoms with Gasteiger partial charge < -0.3 is 78.4 Å². The molecule has 6 saturated heterocycles. The molecular formula is C66H104O30S3. The summed E-state index contributed by atoms with van der Waals surface area (Å²) in [6, 6.07) is 0. The van der Waals surface area contributed by atoms with Gasteiger partial charge in [0.2, 0.25) is 5.79 Å². The van der Waals surface area contributed by atoms with E-state index in [2.05, 4.69) is 33.0 Å². The van der Waals surface area contributed by atoms with Crippen molar-refractivity contribution in [1.29, 1.82) is 0 Å². The Morgan fingerprint density at radius 1 is 0.808 bits per heavy atom. The molecule has 7 aliphatic rings. The van der Waals surface area contributed by atoms with E-state index in [0.717, 1.165) is 37.7 Å². The molecule has 7 rings (SSSR count). The summed E-state index contributed by atoms with van der Waals surface area (Å²) in [5.74, 6) is -4.37. The van der Waals surface area contributed by atoms with Crippen LogP contribution in [0.15, 0.2) is 71.9 Å². The van der Waals surface area contributed by atoms with E-state index in [-0.39, 0.29) is 69.4 Å². The highest BCUT2D eigenvalue weighted by molar-refractivity contribution is 7.81. The molecule has 33 heteroatoms. The summed E-state index contributed by atoms with van der Waals surface area (Å²) in [5, 5.41) is 77.5. The predicted molar refractivity (Wildman–Crippen MR) is 350 cm³/mol. The fraction of sp³-hybridized carbons (Fsp3) is 0.788. The molecule has 7 heterocycles. The topological polar surface area (TPSA) is 450 Å². The minimum absolute atomic E-state index is 0.00671. The zero-order chi connectivity index (χ0) is 72.9. The molecule has 7 aliphatic heterocycles. The first-order valence-corrected chi connectivity index (χ1v) is 38.1. The lowest BCUT2D eigenvalue weighted by molar-refractivity contribution is -0.321. The van der Waals surface area contributed by atoms with Gasteiger partial charge in [0, 0.05) is 50.9 Å². The average Bonchev–Trinajstić information content (AvgIpc) is 1.68. The third kappa shape index (κ3) is 25.1. The molecule has 566 valence electrons. The molecule has 0 bridgehead atoms. The van der Waals surface area contributed by atoms with Crippen molar-refractivity contribution in [3.63, 3.8) is 0 Å². The van der Waals surface area contributed by atoms with Crippen LogP contribution in [-0.4, -0.2) is 228 Å². The van der Waals surface area contributed by atoms with Crippen LogP contribution in [0.1, 0.15) is 170 Å². The Morgan fingerprint density at radius 3 is 2.22 bits per heavy atom. The largest absolute Gasteiger partial charge is 0.465 e. The molecular weight excluding hydrogens is 1370 g/mol. The Hall–Kier alpha value is -3.57. The highest BCUT2D eigenvalue weighted by Gasteiger charge is 2.55. The molecule has 22 atom stereocenters. The number of aliphatic hydroxyl groups excluding tert-OH is 6. The maximum atomic E-state index is 13.3. The smallest absolute Gasteiger partial charge is 0.397 e. The summed E-state index contributed by atoms with van der Waals surface area (Å²) in [5.41, 5.74) is -0.0379. The number of hydrogen-bond donors (Lipinski definition) is 10. The summed E-state index contributed by atoms with van der Waals surface area (Å²) in [6.45, 7) is 14.6. The molecule has 10 N–H and O–H groups in total. The van der Waals surface area contributed by atoms with Crippen LogP contribution in [0.25, 0.3) is 0 Å². The quantitative estimate of drug-likeness (QED) is 0.0135. The molecule has 30 nitrogen and oxygen atoms in total.